The zero-order valence-electron chi connectivity index (χ0n) is 16.5. The smallest absolute Gasteiger partial charge is 0.236 e. The molecule has 3 rings (SSSR count). The Bertz CT molecular complexity index is 937. The summed E-state index contributed by atoms with van der Waals surface area (Å²) >= 11 is 6.32. The third-order valence-corrected chi connectivity index (χ3v) is 4.89. The molecule has 146 valence electrons. The summed E-state index contributed by atoms with van der Waals surface area (Å²) in [6, 6.07) is 17.9. The van der Waals surface area contributed by atoms with Crippen LogP contribution in [-0.4, -0.2) is 53.2 Å². The Morgan fingerprint density at radius 3 is 2.36 bits per heavy atom. The van der Waals surface area contributed by atoms with E-state index in [4.69, 9.17) is 16.7 Å². The van der Waals surface area contributed by atoms with Gasteiger partial charge in [-0.25, -0.2) is 0 Å². The van der Waals surface area contributed by atoms with E-state index < -0.39 is 0 Å². The highest BCUT2D eigenvalue weighted by Crippen LogP contribution is 2.24. The minimum atomic E-state index is 0.0761. The quantitative estimate of drug-likeness (QED) is 0.610. The molecule has 0 bridgehead atoms. The molecule has 0 aliphatic heterocycles. The van der Waals surface area contributed by atoms with Gasteiger partial charge in [-0.05, 0) is 18.7 Å². The number of rotatable bonds is 7. The fourth-order valence-electron chi connectivity index (χ4n) is 3.02. The number of benzene rings is 2. The Morgan fingerprint density at radius 2 is 1.68 bits per heavy atom. The summed E-state index contributed by atoms with van der Waals surface area (Å²) in [6.45, 7) is 1.59. The first-order chi connectivity index (χ1) is 13.4. The van der Waals surface area contributed by atoms with Crippen molar-refractivity contribution in [2.75, 3.05) is 27.7 Å². The number of nitrogens with zero attached hydrogens (tertiary/aromatic N) is 4. The third-order valence-electron chi connectivity index (χ3n) is 4.52. The molecular formula is C22H25ClN4O. The second-order valence-corrected chi connectivity index (χ2v) is 7.53. The summed E-state index contributed by atoms with van der Waals surface area (Å²) < 4.78 is 1.92. The summed E-state index contributed by atoms with van der Waals surface area (Å²) in [5.41, 5.74) is 4.08. The van der Waals surface area contributed by atoms with E-state index in [1.54, 1.807) is 19.0 Å². The molecule has 28 heavy (non-hydrogen) atoms. The fourth-order valence-corrected chi connectivity index (χ4v) is 3.21. The lowest BCUT2D eigenvalue weighted by Gasteiger charge is -2.18. The summed E-state index contributed by atoms with van der Waals surface area (Å²) in [7, 11) is 5.49. The van der Waals surface area contributed by atoms with Gasteiger partial charge in [0.2, 0.25) is 5.91 Å². The average Bonchev–Trinajstić information content (AvgIpc) is 3.06. The summed E-state index contributed by atoms with van der Waals surface area (Å²) in [5, 5.41) is 5.55. The molecule has 1 heterocycles. The Hall–Kier alpha value is -2.63. The van der Waals surface area contributed by atoms with Crippen LogP contribution in [-0.2, 0) is 17.9 Å². The van der Waals surface area contributed by atoms with Crippen molar-refractivity contribution in [1.82, 2.24) is 19.6 Å². The molecule has 0 saturated heterocycles. The van der Waals surface area contributed by atoms with Crippen LogP contribution >= 0.6 is 11.6 Å². The van der Waals surface area contributed by atoms with Crippen LogP contribution in [0.2, 0.25) is 5.02 Å². The second kappa shape index (κ2) is 9.04. The monoisotopic (exact) mass is 396 g/mol. The standard InChI is InChI=1S/C22H25ClN4O/c1-25(2)21(28)16-26(3)13-19-15-27(14-18-11-7-8-12-20(18)23)24-22(19)17-9-5-4-6-10-17/h4-12,15H,13-14,16H2,1-3H3. The van der Waals surface area contributed by atoms with Gasteiger partial charge in [-0.1, -0.05) is 60.1 Å². The zero-order chi connectivity index (χ0) is 20.1. The maximum absolute atomic E-state index is 12.0. The van der Waals surface area contributed by atoms with Crippen molar-refractivity contribution in [3.8, 4) is 11.3 Å². The molecule has 0 saturated carbocycles. The lowest BCUT2D eigenvalue weighted by molar-refractivity contribution is -0.129. The van der Waals surface area contributed by atoms with Crippen LogP contribution < -0.4 is 0 Å². The van der Waals surface area contributed by atoms with E-state index in [-0.39, 0.29) is 5.91 Å². The first-order valence-corrected chi connectivity index (χ1v) is 9.55. The number of carbonyl (C=O) groups is 1. The Kier molecular flexibility index (Phi) is 6.49. The van der Waals surface area contributed by atoms with E-state index in [2.05, 4.69) is 12.1 Å². The highest BCUT2D eigenvalue weighted by molar-refractivity contribution is 6.31. The van der Waals surface area contributed by atoms with Gasteiger partial charge in [0.1, 0.15) is 0 Å². The summed E-state index contributed by atoms with van der Waals surface area (Å²) in [6.07, 6.45) is 2.04. The maximum atomic E-state index is 12.0. The van der Waals surface area contributed by atoms with Crippen LogP contribution in [0, 0.1) is 0 Å². The molecule has 0 N–H and O–H groups in total. The molecule has 0 radical (unpaired) electrons. The molecular weight excluding hydrogens is 372 g/mol. The number of hydrogen-bond acceptors (Lipinski definition) is 3. The minimum absolute atomic E-state index is 0.0761. The van der Waals surface area contributed by atoms with Gasteiger partial charge in [0, 0.05) is 43.0 Å². The molecule has 1 aromatic heterocycles. The molecule has 1 amide bonds. The molecule has 0 aliphatic rings. The number of hydrogen-bond donors (Lipinski definition) is 0. The number of likely N-dealkylation sites (N-methyl/N-ethyl adjacent to an activating group) is 2. The van der Waals surface area contributed by atoms with Crippen molar-refractivity contribution in [1.29, 1.82) is 0 Å². The maximum Gasteiger partial charge on any atom is 0.236 e. The largest absolute Gasteiger partial charge is 0.348 e. The van der Waals surface area contributed by atoms with Gasteiger partial charge < -0.3 is 4.90 Å². The Balaban J connectivity index is 1.88. The van der Waals surface area contributed by atoms with E-state index >= 15 is 0 Å². The molecule has 0 unspecified atom stereocenters. The van der Waals surface area contributed by atoms with E-state index in [0.29, 0.717) is 19.6 Å². The minimum Gasteiger partial charge on any atom is -0.348 e. The SMILES string of the molecule is CN(CC(=O)N(C)C)Cc1cn(Cc2ccccc2Cl)nc1-c1ccccc1. The first-order valence-electron chi connectivity index (χ1n) is 9.18. The zero-order valence-corrected chi connectivity index (χ0v) is 17.2. The van der Waals surface area contributed by atoms with Gasteiger partial charge in [-0.2, -0.15) is 5.10 Å². The molecule has 3 aromatic rings. The topological polar surface area (TPSA) is 41.4 Å². The highest BCUT2D eigenvalue weighted by atomic mass is 35.5. The highest BCUT2D eigenvalue weighted by Gasteiger charge is 2.16. The van der Waals surface area contributed by atoms with Gasteiger partial charge >= 0.3 is 0 Å². The lowest BCUT2D eigenvalue weighted by atomic mass is 10.1. The van der Waals surface area contributed by atoms with Crippen molar-refractivity contribution >= 4 is 17.5 Å². The van der Waals surface area contributed by atoms with Crippen molar-refractivity contribution in [3.05, 3.63) is 76.9 Å². The van der Waals surface area contributed by atoms with E-state index in [1.807, 2.05) is 65.3 Å². The normalized spacial score (nSPS) is 11.0. The van der Waals surface area contributed by atoms with Crippen LogP contribution in [0.5, 0.6) is 0 Å². The number of carbonyl (C=O) groups excluding carboxylic acids is 1. The van der Waals surface area contributed by atoms with Gasteiger partial charge in [-0.15, -0.1) is 0 Å². The molecule has 0 spiro atoms. The van der Waals surface area contributed by atoms with Crippen molar-refractivity contribution in [2.45, 2.75) is 13.1 Å². The van der Waals surface area contributed by atoms with Crippen LogP contribution in [0.3, 0.4) is 0 Å². The summed E-state index contributed by atoms with van der Waals surface area (Å²) in [4.78, 5) is 15.6. The fraction of sp³-hybridized carbons (Fsp3) is 0.273. The predicted molar refractivity (Wildman–Crippen MR) is 113 cm³/mol. The van der Waals surface area contributed by atoms with Crippen molar-refractivity contribution in [2.24, 2.45) is 0 Å². The molecule has 0 atom stereocenters. The number of aromatic nitrogens is 2. The average molecular weight is 397 g/mol. The van der Waals surface area contributed by atoms with Crippen LogP contribution in [0.15, 0.2) is 60.8 Å². The van der Waals surface area contributed by atoms with E-state index in [1.165, 1.54) is 0 Å². The van der Waals surface area contributed by atoms with Gasteiger partial charge in [0.25, 0.3) is 0 Å². The predicted octanol–water partition coefficient (Wildman–Crippen LogP) is 3.77. The Labute approximate surface area is 171 Å². The van der Waals surface area contributed by atoms with E-state index in [9.17, 15) is 4.79 Å². The van der Waals surface area contributed by atoms with E-state index in [0.717, 1.165) is 27.4 Å². The van der Waals surface area contributed by atoms with Gasteiger partial charge in [0.05, 0.1) is 18.8 Å². The lowest BCUT2D eigenvalue weighted by Crippen LogP contribution is -2.34. The number of amides is 1. The molecule has 0 fully saturated rings. The molecule has 2 aromatic carbocycles. The van der Waals surface area contributed by atoms with Gasteiger partial charge in [0.15, 0.2) is 0 Å². The Morgan fingerprint density at radius 1 is 1.00 bits per heavy atom. The van der Waals surface area contributed by atoms with Gasteiger partial charge in [-0.3, -0.25) is 14.4 Å². The molecule has 5 nitrogen and oxygen atoms in total. The number of halogens is 1. The first kappa shape index (κ1) is 20.1. The van der Waals surface area contributed by atoms with Crippen molar-refractivity contribution in [3.63, 3.8) is 0 Å². The molecule has 6 heteroatoms. The second-order valence-electron chi connectivity index (χ2n) is 7.12. The van der Waals surface area contributed by atoms with Crippen LogP contribution in [0.4, 0.5) is 0 Å². The van der Waals surface area contributed by atoms with Crippen molar-refractivity contribution < 1.29 is 4.79 Å². The van der Waals surface area contributed by atoms with Crippen LogP contribution in [0.1, 0.15) is 11.1 Å². The summed E-state index contributed by atoms with van der Waals surface area (Å²) in [5.74, 6) is 0.0761. The molecule has 0 aliphatic carbocycles. The third kappa shape index (κ3) is 5.00. The van der Waals surface area contributed by atoms with Crippen LogP contribution in [0.25, 0.3) is 11.3 Å².